The minimum absolute atomic E-state index is 0.0226. The van der Waals surface area contributed by atoms with Crippen LogP contribution >= 0.6 is 11.8 Å². The third-order valence-corrected chi connectivity index (χ3v) is 13.7. The number of aliphatic hydroxyl groups excluding tert-OH is 1. The molecule has 7 aliphatic heterocycles. The number of phenolic OH excluding ortho intramolecular Hbond substituents is 2. The lowest BCUT2D eigenvalue weighted by Crippen LogP contribution is -2.70. The van der Waals surface area contributed by atoms with Gasteiger partial charge in [0.25, 0.3) is 0 Å². The van der Waals surface area contributed by atoms with Crippen molar-refractivity contribution < 1.29 is 53.3 Å². The molecule has 7 atom stereocenters. The van der Waals surface area contributed by atoms with Crippen LogP contribution in [0.1, 0.15) is 68.8 Å². The SMILES string of the molecule is COc1cc2c(cc1O)CCN[C@]21CS[C@H]2c3c(OC(C)=O)c(C)c4c(c3[C@H](COC1=O)N1[C@@H]2[C@H]2c3c(cc(C)c(OC)c3O)C[C@@H]([C@@H]1O)N2C)OCO4. The van der Waals surface area contributed by atoms with E-state index in [0.29, 0.717) is 70.2 Å². The number of aryl methyl sites for hydroxylation is 1. The lowest BCUT2D eigenvalue weighted by Gasteiger charge is -2.62. The fourth-order valence-electron chi connectivity index (χ4n) is 10.00. The van der Waals surface area contributed by atoms with Gasteiger partial charge in [0.15, 0.2) is 40.0 Å². The molecule has 2 fully saturated rings. The number of methoxy groups -OCH3 is 2. The van der Waals surface area contributed by atoms with Gasteiger partial charge >= 0.3 is 11.9 Å². The van der Waals surface area contributed by atoms with Gasteiger partial charge in [-0.05, 0) is 68.1 Å². The molecule has 10 rings (SSSR count). The molecule has 4 bridgehead atoms. The summed E-state index contributed by atoms with van der Waals surface area (Å²) in [6.07, 6.45) is -0.0282. The minimum Gasteiger partial charge on any atom is -0.504 e. The summed E-state index contributed by atoms with van der Waals surface area (Å²) >= 11 is 1.47. The number of esters is 2. The zero-order chi connectivity index (χ0) is 38.0. The second kappa shape index (κ2) is 12.6. The molecule has 0 radical (unpaired) electrons. The van der Waals surface area contributed by atoms with Crippen LogP contribution in [-0.2, 0) is 32.7 Å². The lowest BCUT2D eigenvalue weighted by molar-refractivity contribution is -0.186. The first-order valence-electron chi connectivity index (χ1n) is 18.1. The fourth-order valence-corrected chi connectivity index (χ4v) is 11.7. The van der Waals surface area contributed by atoms with Crippen molar-refractivity contribution in [3.8, 4) is 40.2 Å². The monoisotopic (exact) mass is 761 g/mol. The Morgan fingerprint density at radius 3 is 2.54 bits per heavy atom. The number of carbonyl (C=O) groups is 2. The number of aliphatic hydroxyl groups is 1. The first-order chi connectivity index (χ1) is 25.9. The summed E-state index contributed by atoms with van der Waals surface area (Å²) in [6, 6.07) is 3.13. The van der Waals surface area contributed by atoms with Gasteiger partial charge in [-0.3, -0.25) is 19.9 Å². The molecule has 7 heterocycles. The summed E-state index contributed by atoms with van der Waals surface area (Å²) in [6.45, 7) is 5.26. The van der Waals surface area contributed by atoms with Crippen molar-refractivity contribution in [1.29, 1.82) is 0 Å². The third-order valence-electron chi connectivity index (χ3n) is 12.3. The van der Waals surface area contributed by atoms with Crippen LogP contribution in [0.25, 0.3) is 0 Å². The molecule has 0 aliphatic carbocycles. The van der Waals surface area contributed by atoms with Crippen molar-refractivity contribution in [3.05, 3.63) is 62.7 Å². The Hall–Kier alpha value is -4.41. The van der Waals surface area contributed by atoms with Crippen LogP contribution in [0.15, 0.2) is 18.2 Å². The van der Waals surface area contributed by atoms with Crippen molar-refractivity contribution in [2.45, 2.75) is 74.8 Å². The number of fused-ring (bicyclic) bond motifs is 9. The molecule has 7 aliphatic rings. The summed E-state index contributed by atoms with van der Waals surface area (Å²) in [5.41, 5.74) is 4.36. The van der Waals surface area contributed by atoms with Crippen molar-refractivity contribution in [1.82, 2.24) is 15.1 Å². The molecular formula is C39H43N3O11S. The molecule has 54 heavy (non-hydrogen) atoms. The van der Waals surface area contributed by atoms with Gasteiger partial charge in [0.1, 0.15) is 18.6 Å². The van der Waals surface area contributed by atoms with E-state index in [1.54, 1.807) is 12.1 Å². The van der Waals surface area contributed by atoms with Gasteiger partial charge in [0.05, 0.1) is 37.6 Å². The van der Waals surface area contributed by atoms with E-state index in [-0.39, 0.29) is 42.4 Å². The van der Waals surface area contributed by atoms with Crippen LogP contribution in [0.4, 0.5) is 0 Å². The largest absolute Gasteiger partial charge is 0.504 e. The van der Waals surface area contributed by atoms with Crippen molar-refractivity contribution in [2.75, 3.05) is 47.0 Å². The maximum atomic E-state index is 14.7. The molecule has 0 unspecified atom stereocenters. The number of aromatic hydroxyl groups is 2. The molecule has 0 saturated carbocycles. The first kappa shape index (κ1) is 35.3. The fraction of sp³-hybridized carbons (Fsp3) is 0.487. The molecule has 0 aromatic heterocycles. The van der Waals surface area contributed by atoms with Gasteiger partial charge < -0.3 is 43.7 Å². The van der Waals surface area contributed by atoms with E-state index in [4.69, 9.17) is 28.4 Å². The van der Waals surface area contributed by atoms with Gasteiger partial charge in [0, 0.05) is 47.5 Å². The molecule has 0 amide bonds. The second-order valence-corrected chi connectivity index (χ2v) is 16.1. The predicted molar refractivity (Wildman–Crippen MR) is 195 cm³/mol. The van der Waals surface area contributed by atoms with Crippen molar-refractivity contribution in [3.63, 3.8) is 0 Å². The Balaban J connectivity index is 1.32. The predicted octanol–water partition coefficient (Wildman–Crippen LogP) is 3.41. The Kier molecular flexibility index (Phi) is 8.21. The Morgan fingerprint density at radius 2 is 1.80 bits per heavy atom. The number of hydrogen-bond acceptors (Lipinski definition) is 15. The smallest absolute Gasteiger partial charge is 0.331 e. The van der Waals surface area contributed by atoms with E-state index in [2.05, 4.69) is 10.2 Å². The number of nitrogens with zero attached hydrogens (tertiary/aromatic N) is 2. The maximum absolute atomic E-state index is 14.7. The van der Waals surface area contributed by atoms with Crippen LogP contribution in [0, 0.1) is 13.8 Å². The van der Waals surface area contributed by atoms with Gasteiger partial charge in [-0.2, -0.15) is 0 Å². The summed E-state index contributed by atoms with van der Waals surface area (Å²) in [5, 5.41) is 38.2. The van der Waals surface area contributed by atoms with Crippen LogP contribution < -0.4 is 29.0 Å². The highest BCUT2D eigenvalue weighted by Crippen LogP contribution is 2.64. The number of hydrogen-bond donors (Lipinski definition) is 4. The maximum Gasteiger partial charge on any atom is 0.331 e. The van der Waals surface area contributed by atoms with Gasteiger partial charge in [-0.15, -0.1) is 11.8 Å². The molecule has 286 valence electrons. The highest BCUT2D eigenvalue weighted by molar-refractivity contribution is 7.99. The number of phenols is 2. The van der Waals surface area contributed by atoms with E-state index >= 15 is 0 Å². The number of rotatable bonds is 3. The second-order valence-electron chi connectivity index (χ2n) is 14.9. The quantitative estimate of drug-likeness (QED) is 0.226. The van der Waals surface area contributed by atoms with E-state index < -0.39 is 47.1 Å². The molecule has 3 aromatic carbocycles. The number of ether oxygens (including phenoxy) is 6. The number of thioether (sulfide) groups is 1. The molecule has 1 spiro atoms. The van der Waals surface area contributed by atoms with E-state index in [1.165, 1.54) is 32.9 Å². The van der Waals surface area contributed by atoms with E-state index in [9.17, 15) is 24.9 Å². The number of benzene rings is 3. The number of nitrogens with one attached hydrogen (secondary N) is 1. The third kappa shape index (κ3) is 4.74. The van der Waals surface area contributed by atoms with Crippen LogP contribution in [0.5, 0.6) is 40.2 Å². The first-order valence-corrected chi connectivity index (χ1v) is 19.1. The molecule has 14 nitrogen and oxygen atoms in total. The normalized spacial score (nSPS) is 29.4. The lowest BCUT2D eigenvalue weighted by atomic mass is 9.73. The summed E-state index contributed by atoms with van der Waals surface area (Å²) in [4.78, 5) is 31.7. The topological polar surface area (TPSA) is 169 Å². The van der Waals surface area contributed by atoms with Crippen molar-refractivity contribution >= 4 is 23.7 Å². The van der Waals surface area contributed by atoms with Gasteiger partial charge in [0.2, 0.25) is 6.79 Å². The molecule has 15 heteroatoms. The Bertz CT molecular complexity index is 2130. The summed E-state index contributed by atoms with van der Waals surface area (Å²) in [7, 11) is 4.96. The number of carbonyl (C=O) groups excluding carboxylic acids is 2. The minimum atomic E-state index is -1.36. The zero-order valence-corrected chi connectivity index (χ0v) is 31.7. The van der Waals surface area contributed by atoms with E-state index in [0.717, 1.165) is 16.7 Å². The van der Waals surface area contributed by atoms with Crippen LogP contribution in [-0.4, -0.2) is 102 Å². The average Bonchev–Trinajstić information content (AvgIpc) is 3.63. The van der Waals surface area contributed by atoms with Crippen LogP contribution in [0.3, 0.4) is 0 Å². The Labute approximate surface area is 316 Å². The van der Waals surface area contributed by atoms with Crippen LogP contribution in [0.2, 0.25) is 0 Å². The average molecular weight is 762 g/mol. The summed E-state index contributed by atoms with van der Waals surface area (Å²) in [5.74, 6) is 0.949. The van der Waals surface area contributed by atoms with Gasteiger partial charge in [-0.25, -0.2) is 4.79 Å². The number of piperazine rings is 1. The highest BCUT2D eigenvalue weighted by atomic mass is 32.2. The summed E-state index contributed by atoms with van der Waals surface area (Å²) < 4.78 is 35.9. The van der Waals surface area contributed by atoms with Crippen molar-refractivity contribution in [2.24, 2.45) is 0 Å². The van der Waals surface area contributed by atoms with E-state index in [1.807, 2.05) is 31.9 Å². The molecule has 2 saturated heterocycles. The number of likely N-dealkylation sites (N-methyl/N-ethyl adjacent to an activating group) is 1. The molecule has 4 N–H and O–H groups in total. The van der Waals surface area contributed by atoms with Gasteiger partial charge in [-0.1, -0.05) is 6.07 Å². The standard InChI is InChI=1S/C39H43N3O11S/c1-16-9-20-10-22-37(46)42-23-13-50-38(47)39(21-12-25(48-5)24(44)11-19(21)7-8-40-39)14-54-36(30(42)29(41(22)4)26(20)31(45)32(16)49-6)28-27(23)35-34(51-15-52-35)17(2)33(28)53-18(3)43/h9,11-12,22-23,29-30,36-37,40,44-46H,7-8,10,13-15H2,1-6H3/t22-,23-,29+,30+,36-,37-,39+/m0/s1. The molecular weight excluding hydrogens is 719 g/mol. The zero-order valence-electron chi connectivity index (χ0n) is 30.8. The highest BCUT2D eigenvalue weighted by Gasteiger charge is 2.61. The molecule has 3 aromatic rings. The Morgan fingerprint density at radius 1 is 1.02 bits per heavy atom.